The van der Waals surface area contributed by atoms with Crippen molar-refractivity contribution >= 4 is 17.9 Å². The molecule has 2 aliphatic heterocycles. The van der Waals surface area contributed by atoms with Crippen molar-refractivity contribution < 1.29 is 24.6 Å². The first kappa shape index (κ1) is 33.7. The number of hydrogen-bond acceptors (Lipinski definition) is 6. The van der Waals surface area contributed by atoms with E-state index in [1.165, 1.54) is 14.0 Å². The summed E-state index contributed by atoms with van der Waals surface area (Å²) in [5.74, 6) is 0.871. The lowest BCUT2D eigenvalue weighted by molar-refractivity contribution is -0.140. The third kappa shape index (κ3) is 6.74. The van der Waals surface area contributed by atoms with E-state index < -0.39 is 18.2 Å². The number of carbonyl (C=O) groups is 3. The predicted molar refractivity (Wildman–Crippen MR) is 191 cm³/mol. The topological polar surface area (TPSA) is 159 Å². The molecule has 2 saturated heterocycles. The van der Waals surface area contributed by atoms with E-state index in [1.54, 1.807) is 46.5 Å². The van der Waals surface area contributed by atoms with Gasteiger partial charge < -0.3 is 30.0 Å². The summed E-state index contributed by atoms with van der Waals surface area (Å²) < 4.78 is 0. The Morgan fingerprint density at radius 2 is 1.18 bits per heavy atom. The Kier molecular flexibility index (Phi) is 9.42. The first-order valence-corrected chi connectivity index (χ1v) is 17.3. The van der Waals surface area contributed by atoms with Crippen molar-refractivity contribution in [2.75, 3.05) is 20.1 Å². The van der Waals surface area contributed by atoms with E-state index in [9.17, 15) is 24.6 Å². The van der Waals surface area contributed by atoms with Crippen molar-refractivity contribution in [2.45, 2.75) is 56.8 Å². The number of amides is 3. The highest BCUT2D eigenvalue weighted by Crippen LogP contribution is 2.36. The maximum absolute atomic E-state index is 13.9. The third-order valence-electron chi connectivity index (χ3n) is 10.0. The Bertz CT molecular complexity index is 2010. The molecule has 262 valence electrons. The Morgan fingerprint density at radius 3 is 1.63 bits per heavy atom. The van der Waals surface area contributed by atoms with E-state index in [-0.39, 0.29) is 23.9 Å². The van der Waals surface area contributed by atoms with Gasteiger partial charge in [0.1, 0.15) is 23.8 Å². The van der Waals surface area contributed by atoms with Gasteiger partial charge >= 0.3 is 6.09 Å². The fourth-order valence-corrected chi connectivity index (χ4v) is 7.29. The number of aromatic amines is 2. The summed E-state index contributed by atoms with van der Waals surface area (Å²) in [6, 6.07) is 24.0. The number of aromatic nitrogens is 4. The Hall–Kier alpha value is -5.75. The smallest absolute Gasteiger partial charge is 0.407 e. The van der Waals surface area contributed by atoms with Gasteiger partial charge in [-0.1, -0.05) is 78.9 Å². The van der Waals surface area contributed by atoms with Crippen LogP contribution in [-0.4, -0.2) is 89.0 Å². The zero-order valence-corrected chi connectivity index (χ0v) is 28.6. The number of carbonyl (C=O) groups excluding carboxylic acids is 2. The number of hydrogen-bond donors (Lipinski definition) is 4. The second-order valence-electron chi connectivity index (χ2n) is 13.3. The standard InChI is InChI=1S/C39H41N7O5/c1-24(47)37(48)45-20-6-10-32(45)35-40-22-30(42-35)27-16-12-25(13-17-27)26-14-18-28(19-15-26)31-23-41-36(43-31)33-11-7-21-46(33)38(49)34(44(2)39(50)51)29-8-4-3-5-9-29/h3-5,8-9,12-19,22-24,32-34,47H,6-7,10-11,20-21H2,1-2H3,(H,40,42)(H,41,43)(H,50,51)/t24-,32?,33-,34+/m0/s1. The molecule has 3 aromatic carbocycles. The molecule has 4 heterocycles. The van der Waals surface area contributed by atoms with E-state index in [0.717, 1.165) is 70.0 Å². The van der Waals surface area contributed by atoms with Crippen LogP contribution in [0.1, 0.15) is 67.9 Å². The van der Waals surface area contributed by atoms with Gasteiger partial charge in [0.05, 0.1) is 35.9 Å². The molecule has 1 unspecified atom stereocenters. The van der Waals surface area contributed by atoms with Crippen molar-refractivity contribution in [2.24, 2.45) is 0 Å². The predicted octanol–water partition coefficient (Wildman–Crippen LogP) is 6.19. The highest BCUT2D eigenvalue weighted by Gasteiger charge is 2.39. The number of nitrogens with zero attached hydrogens (tertiary/aromatic N) is 5. The summed E-state index contributed by atoms with van der Waals surface area (Å²) in [5, 5.41) is 19.6. The second kappa shape index (κ2) is 14.2. The number of imidazole rings is 2. The van der Waals surface area contributed by atoms with Gasteiger partial charge in [-0.25, -0.2) is 14.8 Å². The molecule has 12 nitrogen and oxygen atoms in total. The van der Waals surface area contributed by atoms with Crippen LogP contribution in [0.25, 0.3) is 33.6 Å². The molecule has 3 amide bonds. The number of likely N-dealkylation sites (N-methyl/N-ethyl adjacent to an activating group) is 1. The molecule has 4 N–H and O–H groups in total. The van der Waals surface area contributed by atoms with E-state index in [1.807, 2.05) is 30.3 Å². The highest BCUT2D eigenvalue weighted by atomic mass is 16.4. The monoisotopic (exact) mass is 687 g/mol. The summed E-state index contributed by atoms with van der Waals surface area (Å²) in [4.78, 5) is 58.9. The number of aliphatic hydroxyl groups is 1. The van der Waals surface area contributed by atoms with Gasteiger partial charge in [-0.15, -0.1) is 0 Å². The molecule has 7 rings (SSSR count). The minimum Gasteiger partial charge on any atom is -0.465 e. The van der Waals surface area contributed by atoms with Gasteiger partial charge in [0.2, 0.25) is 0 Å². The number of carboxylic acid groups (broad SMARTS) is 1. The average Bonchev–Trinajstić information content (AvgIpc) is 3.98. The molecule has 4 atom stereocenters. The van der Waals surface area contributed by atoms with Crippen LogP contribution in [0, 0.1) is 0 Å². The molecule has 12 heteroatoms. The molecule has 0 saturated carbocycles. The minimum absolute atomic E-state index is 0.165. The highest BCUT2D eigenvalue weighted by molar-refractivity contribution is 5.87. The first-order valence-electron chi connectivity index (χ1n) is 17.3. The first-order chi connectivity index (χ1) is 24.7. The van der Waals surface area contributed by atoms with Gasteiger partial charge in [0.15, 0.2) is 0 Å². The number of H-pyrrole nitrogens is 2. The number of benzene rings is 3. The summed E-state index contributed by atoms with van der Waals surface area (Å²) >= 11 is 0. The summed E-state index contributed by atoms with van der Waals surface area (Å²) in [5.41, 5.74) is 6.37. The third-order valence-corrected chi connectivity index (χ3v) is 10.0. The van der Waals surface area contributed by atoms with Crippen molar-refractivity contribution in [3.63, 3.8) is 0 Å². The SMILES string of the molecule is C[C@H](O)C(=O)N1CCCC1c1ncc(-c2ccc(-c3ccc(-c4cnc([C@@H]5CCCN5C(=O)[C@@H](c5ccccc5)N(C)C(=O)O)[nH]4)cc3)cc2)[nH]1. The normalized spacial score (nSPS) is 18.5. The maximum atomic E-state index is 13.9. The van der Waals surface area contributed by atoms with Crippen LogP contribution < -0.4 is 0 Å². The lowest BCUT2D eigenvalue weighted by Gasteiger charge is -2.32. The molecule has 0 aliphatic carbocycles. The van der Waals surface area contributed by atoms with Crippen LogP contribution in [0.4, 0.5) is 4.79 Å². The lowest BCUT2D eigenvalue weighted by Crippen LogP contribution is -2.43. The van der Waals surface area contributed by atoms with E-state index in [2.05, 4.69) is 44.2 Å². The van der Waals surface area contributed by atoms with Crippen molar-refractivity contribution in [3.05, 3.63) is 108 Å². The van der Waals surface area contributed by atoms with Crippen molar-refractivity contribution in [3.8, 4) is 33.6 Å². The molecule has 5 aromatic rings. The number of likely N-dealkylation sites (tertiary alicyclic amines) is 2. The second-order valence-corrected chi connectivity index (χ2v) is 13.3. The zero-order chi connectivity index (χ0) is 35.6. The average molecular weight is 688 g/mol. The largest absolute Gasteiger partial charge is 0.465 e. The fraction of sp³-hybridized carbons (Fsp3) is 0.308. The minimum atomic E-state index is -1.17. The molecule has 2 aliphatic rings. The summed E-state index contributed by atoms with van der Waals surface area (Å²) in [7, 11) is 1.43. The molecule has 51 heavy (non-hydrogen) atoms. The van der Waals surface area contributed by atoms with Crippen molar-refractivity contribution in [1.29, 1.82) is 0 Å². The lowest BCUT2D eigenvalue weighted by atomic mass is 10.0. The molecule has 0 bridgehead atoms. The molecular formula is C39H41N7O5. The molecule has 0 radical (unpaired) electrons. The molecular weight excluding hydrogens is 646 g/mol. The van der Waals surface area contributed by atoms with Gasteiger partial charge in [-0.3, -0.25) is 14.5 Å². The number of rotatable bonds is 9. The van der Waals surface area contributed by atoms with Crippen LogP contribution in [-0.2, 0) is 9.59 Å². The maximum Gasteiger partial charge on any atom is 0.407 e. The van der Waals surface area contributed by atoms with Gasteiger partial charge in [0.25, 0.3) is 11.8 Å². The van der Waals surface area contributed by atoms with Crippen LogP contribution in [0.3, 0.4) is 0 Å². The van der Waals surface area contributed by atoms with Crippen LogP contribution >= 0.6 is 0 Å². The van der Waals surface area contributed by atoms with E-state index in [0.29, 0.717) is 24.5 Å². The fourth-order valence-electron chi connectivity index (χ4n) is 7.29. The van der Waals surface area contributed by atoms with Gasteiger partial charge in [-0.2, -0.15) is 0 Å². The number of aliphatic hydroxyl groups excluding tert-OH is 1. The zero-order valence-electron chi connectivity index (χ0n) is 28.6. The Balaban J connectivity index is 1.03. The van der Waals surface area contributed by atoms with Gasteiger partial charge in [0, 0.05) is 20.1 Å². The van der Waals surface area contributed by atoms with Crippen molar-refractivity contribution in [1.82, 2.24) is 34.6 Å². The molecule has 0 spiro atoms. The van der Waals surface area contributed by atoms with Crippen LogP contribution in [0.2, 0.25) is 0 Å². The number of nitrogens with one attached hydrogen (secondary N) is 2. The summed E-state index contributed by atoms with van der Waals surface area (Å²) in [6.07, 6.45) is 4.57. The van der Waals surface area contributed by atoms with Gasteiger partial charge in [-0.05, 0) is 60.4 Å². The summed E-state index contributed by atoms with van der Waals surface area (Å²) in [6.45, 7) is 2.64. The Morgan fingerprint density at radius 1 is 0.725 bits per heavy atom. The quantitative estimate of drug-likeness (QED) is 0.144. The Labute approximate surface area is 295 Å². The van der Waals surface area contributed by atoms with Crippen LogP contribution in [0.15, 0.2) is 91.3 Å². The van der Waals surface area contributed by atoms with E-state index >= 15 is 0 Å². The molecule has 2 aromatic heterocycles. The van der Waals surface area contributed by atoms with E-state index in [4.69, 9.17) is 0 Å². The van der Waals surface area contributed by atoms with Crippen LogP contribution in [0.5, 0.6) is 0 Å². The molecule has 2 fully saturated rings.